The zero-order chi connectivity index (χ0) is 22.9. The van der Waals surface area contributed by atoms with Gasteiger partial charge in [0.15, 0.2) is 5.75 Å². The molecule has 3 aromatic carbocycles. The fourth-order valence-electron chi connectivity index (χ4n) is 3.90. The molecule has 0 radical (unpaired) electrons. The van der Waals surface area contributed by atoms with Gasteiger partial charge in [-0.1, -0.05) is 48.0 Å². The first-order valence-electron chi connectivity index (χ1n) is 10.2. The van der Waals surface area contributed by atoms with Gasteiger partial charge in [0, 0.05) is 5.02 Å². The van der Waals surface area contributed by atoms with Crippen molar-refractivity contribution < 1.29 is 13.9 Å². The lowest BCUT2D eigenvalue weighted by Crippen LogP contribution is -2.26. The van der Waals surface area contributed by atoms with Crippen LogP contribution >= 0.6 is 11.6 Å². The highest BCUT2D eigenvalue weighted by Crippen LogP contribution is 2.43. The van der Waals surface area contributed by atoms with Crippen molar-refractivity contribution in [2.24, 2.45) is 5.73 Å². The predicted octanol–water partition coefficient (Wildman–Crippen LogP) is 5.24. The zero-order valence-electron chi connectivity index (χ0n) is 17.2. The summed E-state index contributed by atoms with van der Waals surface area (Å²) in [6.45, 7) is 0.377. The van der Waals surface area contributed by atoms with Crippen molar-refractivity contribution in [1.82, 2.24) is 0 Å². The lowest BCUT2D eigenvalue weighted by atomic mass is 9.84. The van der Waals surface area contributed by atoms with Crippen LogP contribution in [0.25, 0.3) is 11.0 Å². The van der Waals surface area contributed by atoms with Crippen LogP contribution in [0.15, 0.2) is 93.5 Å². The van der Waals surface area contributed by atoms with E-state index in [-0.39, 0.29) is 17.0 Å². The molecule has 0 saturated heterocycles. The Labute approximate surface area is 194 Å². The molecule has 0 saturated carbocycles. The Kier molecular flexibility index (Phi) is 5.25. The summed E-state index contributed by atoms with van der Waals surface area (Å²) < 4.78 is 17.1. The smallest absolute Gasteiger partial charge is 0.344 e. The van der Waals surface area contributed by atoms with Crippen LogP contribution in [-0.4, -0.2) is 0 Å². The minimum Gasteiger partial charge on any atom is -0.489 e. The number of benzene rings is 3. The molecule has 4 aromatic rings. The maximum Gasteiger partial charge on any atom is 0.344 e. The van der Waals surface area contributed by atoms with E-state index in [2.05, 4.69) is 6.07 Å². The molecular weight excluding hydrogens is 440 g/mol. The second-order valence-corrected chi connectivity index (χ2v) is 7.97. The van der Waals surface area contributed by atoms with Gasteiger partial charge in [0.2, 0.25) is 5.88 Å². The molecule has 0 spiro atoms. The molecule has 0 fully saturated rings. The summed E-state index contributed by atoms with van der Waals surface area (Å²) in [5, 5.41) is 11.0. The Balaban J connectivity index is 1.52. The van der Waals surface area contributed by atoms with Crippen LogP contribution in [0.2, 0.25) is 5.02 Å². The molecule has 1 atom stereocenters. The van der Waals surface area contributed by atoms with Crippen LogP contribution in [0, 0.1) is 11.3 Å². The number of para-hydroxylation sites is 1. The Morgan fingerprint density at radius 3 is 2.48 bits per heavy atom. The second-order valence-electron chi connectivity index (χ2n) is 7.54. The molecule has 1 aliphatic heterocycles. The number of hydrogen-bond donors (Lipinski definition) is 1. The normalized spacial score (nSPS) is 15.0. The molecule has 0 aliphatic carbocycles. The molecule has 2 heterocycles. The molecule has 0 amide bonds. The number of ether oxygens (including phenoxy) is 2. The zero-order valence-corrected chi connectivity index (χ0v) is 18.0. The Morgan fingerprint density at radius 2 is 1.76 bits per heavy atom. The largest absolute Gasteiger partial charge is 0.489 e. The first-order valence-corrected chi connectivity index (χ1v) is 10.5. The van der Waals surface area contributed by atoms with Crippen LogP contribution in [0.1, 0.15) is 22.6 Å². The summed E-state index contributed by atoms with van der Waals surface area (Å²) in [5.74, 6) is 0.201. The molecule has 0 bridgehead atoms. The number of nitrogens with zero attached hydrogens (tertiary/aromatic N) is 1. The van der Waals surface area contributed by atoms with Gasteiger partial charge >= 0.3 is 5.63 Å². The molecule has 2 N–H and O–H groups in total. The number of nitrogens with two attached hydrogens (primary N) is 1. The first kappa shape index (κ1) is 20.7. The predicted molar refractivity (Wildman–Crippen MR) is 124 cm³/mol. The SMILES string of the molecule is N#CC1=C(N)Oc2c(c(=O)oc3ccccc23)[C@@H]1c1ccc(OCc2ccc(Cl)cc2)cc1. The van der Waals surface area contributed by atoms with E-state index in [4.69, 9.17) is 31.2 Å². The van der Waals surface area contributed by atoms with E-state index in [1.165, 1.54) is 0 Å². The second kappa shape index (κ2) is 8.38. The van der Waals surface area contributed by atoms with Crippen LogP contribution in [0.4, 0.5) is 0 Å². The third-order valence-electron chi connectivity index (χ3n) is 5.51. The summed E-state index contributed by atoms with van der Waals surface area (Å²) in [6, 6.07) is 23.7. The van der Waals surface area contributed by atoms with Crippen molar-refractivity contribution in [3.8, 4) is 17.6 Å². The highest BCUT2D eigenvalue weighted by Gasteiger charge is 2.35. The maximum absolute atomic E-state index is 12.9. The lowest BCUT2D eigenvalue weighted by Gasteiger charge is -2.26. The molecule has 33 heavy (non-hydrogen) atoms. The number of rotatable bonds is 4. The number of halogens is 1. The Bertz CT molecular complexity index is 1480. The number of hydrogen-bond acceptors (Lipinski definition) is 6. The summed E-state index contributed by atoms with van der Waals surface area (Å²) in [6.07, 6.45) is 0. The average molecular weight is 457 g/mol. The van der Waals surface area contributed by atoms with Crippen molar-refractivity contribution in [2.75, 3.05) is 0 Å². The van der Waals surface area contributed by atoms with Gasteiger partial charge in [-0.2, -0.15) is 5.26 Å². The first-order chi connectivity index (χ1) is 16.0. The van der Waals surface area contributed by atoms with E-state index in [9.17, 15) is 10.1 Å². The third kappa shape index (κ3) is 3.79. The van der Waals surface area contributed by atoms with Gasteiger partial charge in [-0.25, -0.2) is 4.79 Å². The summed E-state index contributed by atoms with van der Waals surface area (Å²) in [4.78, 5) is 12.9. The lowest BCUT2D eigenvalue weighted by molar-refractivity contribution is 0.306. The van der Waals surface area contributed by atoms with Gasteiger partial charge in [-0.15, -0.1) is 0 Å². The van der Waals surface area contributed by atoms with E-state index in [1.54, 1.807) is 54.6 Å². The van der Waals surface area contributed by atoms with Gasteiger partial charge in [-0.05, 0) is 47.5 Å². The molecule has 0 unspecified atom stereocenters. The maximum atomic E-state index is 12.9. The van der Waals surface area contributed by atoms with Gasteiger partial charge in [-0.3, -0.25) is 0 Å². The van der Waals surface area contributed by atoms with E-state index in [0.717, 1.165) is 5.56 Å². The van der Waals surface area contributed by atoms with Gasteiger partial charge in [0.1, 0.15) is 29.6 Å². The quantitative estimate of drug-likeness (QED) is 0.421. The van der Waals surface area contributed by atoms with E-state index >= 15 is 0 Å². The van der Waals surface area contributed by atoms with Crippen LogP contribution < -0.4 is 20.8 Å². The van der Waals surface area contributed by atoms with E-state index in [1.807, 2.05) is 18.2 Å². The van der Waals surface area contributed by atoms with Crippen LogP contribution in [0.3, 0.4) is 0 Å². The number of fused-ring (bicyclic) bond motifs is 3. The molecule has 1 aromatic heterocycles. The van der Waals surface area contributed by atoms with Crippen molar-refractivity contribution in [3.63, 3.8) is 0 Å². The fraction of sp³-hybridized carbons (Fsp3) is 0.0769. The third-order valence-corrected chi connectivity index (χ3v) is 5.76. The topological polar surface area (TPSA) is 98.5 Å². The Hall–Kier alpha value is -4.21. The standard InChI is InChI=1S/C26H17ClN2O4/c27-17-9-5-15(6-10-17)14-31-18-11-7-16(8-12-18)22-20(13-28)25(29)33-24-19-3-1-2-4-21(19)32-26(30)23(22)24/h1-12,22H,14,29H2/t22-/m1/s1. The molecule has 6 nitrogen and oxygen atoms in total. The molecule has 5 rings (SSSR count). The van der Waals surface area contributed by atoms with Crippen molar-refractivity contribution in [2.45, 2.75) is 12.5 Å². The average Bonchev–Trinajstić information content (AvgIpc) is 2.83. The fourth-order valence-corrected chi connectivity index (χ4v) is 4.03. The molecule has 7 heteroatoms. The number of allylic oxidation sites excluding steroid dienone is 1. The van der Waals surface area contributed by atoms with Gasteiger partial charge < -0.3 is 19.6 Å². The summed E-state index contributed by atoms with van der Waals surface area (Å²) >= 11 is 5.92. The van der Waals surface area contributed by atoms with Gasteiger partial charge in [0.05, 0.1) is 16.9 Å². The van der Waals surface area contributed by atoms with Crippen LogP contribution in [-0.2, 0) is 6.61 Å². The Morgan fingerprint density at radius 1 is 1.03 bits per heavy atom. The van der Waals surface area contributed by atoms with Crippen molar-refractivity contribution >= 4 is 22.6 Å². The van der Waals surface area contributed by atoms with Crippen LogP contribution in [0.5, 0.6) is 11.5 Å². The summed E-state index contributed by atoms with van der Waals surface area (Å²) in [7, 11) is 0. The summed E-state index contributed by atoms with van der Waals surface area (Å²) in [5.41, 5.74) is 7.98. The van der Waals surface area contributed by atoms with Gasteiger partial charge in [0.25, 0.3) is 0 Å². The minimum absolute atomic E-state index is 0.0335. The van der Waals surface area contributed by atoms with Crippen molar-refractivity contribution in [3.05, 3.63) is 116 Å². The number of nitriles is 1. The van der Waals surface area contributed by atoms with E-state index < -0.39 is 11.5 Å². The van der Waals surface area contributed by atoms with Crippen molar-refractivity contribution in [1.29, 1.82) is 5.26 Å². The highest BCUT2D eigenvalue weighted by molar-refractivity contribution is 6.30. The molecule has 1 aliphatic rings. The monoisotopic (exact) mass is 456 g/mol. The molecule has 162 valence electrons. The molecular formula is C26H17ClN2O4. The highest BCUT2D eigenvalue weighted by atomic mass is 35.5. The van der Waals surface area contributed by atoms with E-state index in [0.29, 0.717) is 39.7 Å². The minimum atomic E-state index is -0.718.